The fraction of sp³-hybridized carbons (Fsp3) is 0.320. The number of halogens is 2. The molecule has 3 aromatic rings. The van der Waals surface area contributed by atoms with Crippen LogP contribution in [0.1, 0.15) is 45.7 Å². The third-order valence-corrected chi connectivity index (χ3v) is 7.25. The number of hydrogen-bond donors (Lipinski definition) is 3. The minimum Gasteiger partial charge on any atom is -0.490 e. The minimum atomic E-state index is -0.796. The van der Waals surface area contributed by atoms with E-state index in [1.807, 2.05) is 6.07 Å². The summed E-state index contributed by atoms with van der Waals surface area (Å²) in [6, 6.07) is 11.2. The van der Waals surface area contributed by atoms with Crippen LogP contribution < -0.4 is 15.4 Å². The molecule has 1 aliphatic rings. The molecule has 0 unspecified atom stereocenters. The maximum Gasteiger partial charge on any atom is 0.306 e. The molecule has 4 rings (SSSR count). The van der Waals surface area contributed by atoms with Gasteiger partial charge in [0.15, 0.2) is 0 Å². The number of amides is 2. The molecule has 0 saturated heterocycles. The molecule has 0 spiro atoms. The van der Waals surface area contributed by atoms with E-state index in [0.29, 0.717) is 41.3 Å². The molecule has 0 atom stereocenters. The molecule has 3 N–H and O–H groups in total. The van der Waals surface area contributed by atoms with Crippen LogP contribution in [0.15, 0.2) is 42.5 Å². The van der Waals surface area contributed by atoms with Crippen molar-refractivity contribution in [2.24, 2.45) is 5.92 Å². The lowest BCUT2D eigenvalue weighted by atomic mass is 9.87. The van der Waals surface area contributed by atoms with E-state index in [2.05, 4.69) is 10.6 Å². The highest BCUT2D eigenvalue weighted by molar-refractivity contribution is 7.20. The normalized spacial score (nSPS) is 17.7. The van der Waals surface area contributed by atoms with Crippen molar-refractivity contribution >= 4 is 50.8 Å². The van der Waals surface area contributed by atoms with Crippen LogP contribution in [-0.4, -0.2) is 42.1 Å². The number of carboxylic acid groups (broad SMARTS) is 1. The third kappa shape index (κ3) is 6.29. The van der Waals surface area contributed by atoms with E-state index in [4.69, 9.17) is 21.4 Å². The Morgan fingerprint density at radius 2 is 1.71 bits per heavy atom. The number of fused-ring (bicyclic) bond motifs is 1. The molecule has 1 heterocycles. The predicted octanol–water partition coefficient (Wildman–Crippen LogP) is 4.88. The zero-order valence-electron chi connectivity index (χ0n) is 18.7. The highest BCUT2D eigenvalue weighted by atomic mass is 35.5. The van der Waals surface area contributed by atoms with Gasteiger partial charge in [0.2, 0.25) is 0 Å². The summed E-state index contributed by atoms with van der Waals surface area (Å²) < 4.78 is 21.2. The number of nitrogens with one attached hydrogen (secondary N) is 2. The topological polar surface area (TPSA) is 105 Å². The summed E-state index contributed by atoms with van der Waals surface area (Å²) in [5.74, 6) is -2.42. The molecule has 35 heavy (non-hydrogen) atoms. The van der Waals surface area contributed by atoms with E-state index in [1.54, 1.807) is 18.2 Å². The zero-order valence-corrected chi connectivity index (χ0v) is 20.3. The number of thiophene rings is 1. The van der Waals surface area contributed by atoms with Crippen LogP contribution in [0.25, 0.3) is 10.1 Å². The Balaban J connectivity index is 1.23. The molecular weight excluding hydrogens is 495 g/mol. The summed E-state index contributed by atoms with van der Waals surface area (Å²) in [6.45, 7) is 0.313. The monoisotopic (exact) mass is 518 g/mol. The van der Waals surface area contributed by atoms with Crippen molar-refractivity contribution in [3.8, 4) is 5.75 Å². The lowest BCUT2D eigenvalue weighted by Gasteiger charge is -2.26. The van der Waals surface area contributed by atoms with Crippen LogP contribution >= 0.6 is 22.9 Å². The molecule has 2 aromatic carbocycles. The van der Waals surface area contributed by atoms with Crippen LogP contribution in [-0.2, 0) is 4.79 Å². The molecule has 2 amide bonds. The molecular formula is C25H24ClFN2O5S. The first-order chi connectivity index (χ1) is 16.8. The van der Waals surface area contributed by atoms with Gasteiger partial charge in [-0.25, -0.2) is 4.39 Å². The number of carbonyl (C=O) groups excluding carboxylic acids is 2. The van der Waals surface area contributed by atoms with Crippen LogP contribution in [0, 0.1) is 11.7 Å². The molecule has 1 aromatic heterocycles. The Morgan fingerprint density at radius 3 is 2.40 bits per heavy atom. The van der Waals surface area contributed by atoms with Crippen molar-refractivity contribution in [3.05, 3.63) is 63.7 Å². The quantitative estimate of drug-likeness (QED) is 0.369. The second-order valence-electron chi connectivity index (χ2n) is 8.38. The Kier molecular flexibility index (Phi) is 7.87. The van der Waals surface area contributed by atoms with Gasteiger partial charge in [-0.3, -0.25) is 14.4 Å². The first kappa shape index (κ1) is 24.9. The number of carboxylic acids is 1. The Morgan fingerprint density at radius 1 is 1.00 bits per heavy atom. The minimum absolute atomic E-state index is 0.125. The molecule has 10 heteroatoms. The highest BCUT2D eigenvalue weighted by Crippen LogP contribution is 2.29. The lowest BCUT2D eigenvalue weighted by molar-refractivity contribution is -0.143. The van der Waals surface area contributed by atoms with Crippen LogP contribution in [0.5, 0.6) is 5.75 Å². The number of carbonyl (C=O) groups is 3. The standard InChI is InChI=1S/C25H24ClFN2O5S/c26-16-4-1-15-11-22(35-21(15)12-16)24(31)29-10-9-28-23(30)19-8-7-18(13-20(19)27)34-17-5-2-14(3-6-17)25(32)33/h1,4,7-8,11-14,17H,2-3,5-6,9-10H2,(H,28,30)(H,29,31)(H,32,33)/t14-,17+. The van der Waals surface area contributed by atoms with Gasteiger partial charge in [-0.05, 0) is 61.4 Å². The van der Waals surface area contributed by atoms with Gasteiger partial charge < -0.3 is 20.5 Å². The third-order valence-electron chi connectivity index (χ3n) is 5.91. The highest BCUT2D eigenvalue weighted by Gasteiger charge is 2.27. The van der Waals surface area contributed by atoms with Crippen LogP contribution in [0.3, 0.4) is 0 Å². The maximum atomic E-state index is 14.5. The number of hydrogen-bond acceptors (Lipinski definition) is 5. The predicted molar refractivity (Wildman–Crippen MR) is 132 cm³/mol. The van der Waals surface area contributed by atoms with Crippen LogP contribution in [0.2, 0.25) is 5.02 Å². The van der Waals surface area contributed by atoms with Crippen LogP contribution in [0.4, 0.5) is 4.39 Å². The lowest BCUT2D eigenvalue weighted by Crippen LogP contribution is -2.34. The zero-order chi connectivity index (χ0) is 24.9. The van der Waals surface area contributed by atoms with E-state index in [9.17, 15) is 18.8 Å². The summed E-state index contributed by atoms with van der Waals surface area (Å²) in [6.07, 6.45) is 2.04. The maximum absolute atomic E-state index is 14.5. The summed E-state index contributed by atoms with van der Waals surface area (Å²) in [4.78, 5) is 36.3. The van der Waals surface area contributed by atoms with E-state index >= 15 is 0 Å². The molecule has 0 aliphatic heterocycles. The second kappa shape index (κ2) is 11.0. The number of rotatable bonds is 8. The Labute approximate surface area is 210 Å². The Bertz CT molecular complexity index is 1260. The number of benzene rings is 2. The largest absolute Gasteiger partial charge is 0.490 e. The second-order valence-corrected chi connectivity index (χ2v) is 9.90. The van der Waals surface area contributed by atoms with E-state index in [-0.39, 0.29) is 36.6 Å². The fourth-order valence-electron chi connectivity index (χ4n) is 4.02. The average molecular weight is 519 g/mol. The Hall–Kier alpha value is -3.17. The average Bonchev–Trinajstić information content (AvgIpc) is 3.25. The molecule has 1 saturated carbocycles. The summed E-state index contributed by atoms with van der Waals surface area (Å²) >= 11 is 7.31. The molecule has 184 valence electrons. The van der Waals surface area contributed by atoms with Crippen molar-refractivity contribution in [1.82, 2.24) is 10.6 Å². The summed E-state index contributed by atoms with van der Waals surface area (Å²) in [5, 5.41) is 15.9. The fourth-order valence-corrected chi connectivity index (χ4v) is 5.28. The van der Waals surface area contributed by atoms with Gasteiger partial charge in [-0.15, -0.1) is 11.3 Å². The van der Waals surface area contributed by atoms with Gasteiger partial charge in [0, 0.05) is 28.9 Å². The SMILES string of the molecule is O=C(NCCNC(=O)c1ccc(O[C@H]2CC[C@@H](C(=O)O)CC2)cc1F)c1cc2ccc(Cl)cc2s1. The van der Waals surface area contributed by atoms with E-state index < -0.39 is 17.7 Å². The van der Waals surface area contributed by atoms with Gasteiger partial charge in [-0.1, -0.05) is 17.7 Å². The smallest absolute Gasteiger partial charge is 0.306 e. The molecule has 0 bridgehead atoms. The first-order valence-corrected chi connectivity index (χ1v) is 12.4. The molecule has 0 radical (unpaired) electrons. The molecule has 7 nitrogen and oxygen atoms in total. The van der Waals surface area contributed by atoms with Gasteiger partial charge in [0.05, 0.1) is 22.5 Å². The van der Waals surface area contributed by atoms with Crippen molar-refractivity contribution in [1.29, 1.82) is 0 Å². The summed E-state index contributed by atoms with van der Waals surface area (Å²) in [7, 11) is 0. The van der Waals surface area contributed by atoms with Crippen molar-refractivity contribution in [2.45, 2.75) is 31.8 Å². The van der Waals surface area contributed by atoms with Gasteiger partial charge >= 0.3 is 5.97 Å². The van der Waals surface area contributed by atoms with Gasteiger partial charge in [0.1, 0.15) is 11.6 Å². The molecule has 1 aliphatic carbocycles. The van der Waals surface area contributed by atoms with Crippen molar-refractivity contribution < 1.29 is 28.6 Å². The van der Waals surface area contributed by atoms with Gasteiger partial charge in [0.25, 0.3) is 11.8 Å². The van der Waals surface area contributed by atoms with E-state index in [1.165, 1.54) is 23.5 Å². The molecule has 1 fully saturated rings. The number of aliphatic carboxylic acids is 1. The van der Waals surface area contributed by atoms with Crippen molar-refractivity contribution in [2.75, 3.05) is 13.1 Å². The van der Waals surface area contributed by atoms with Crippen molar-refractivity contribution in [3.63, 3.8) is 0 Å². The van der Waals surface area contributed by atoms with E-state index in [0.717, 1.165) is 16.2 Å². The summed E-state index contributed by atoms with van der Waals surface area (Å²) in [5.41, 5.74) is -0.125. The first-order valence-electron chi connectivity index (χ1n) is 11.2. The number of ether oxygens (including phenoxy) is 1. The van der Waals surface area contributed by atoms with Gasteiger partial charge in [-0.2, -0.15) is 0 Å².